The van der Waals surface area contributed by atoms with Crippen molar-refractivity contribution in [1.29, 1.82) is 0 Å². The standard InChI is InChI=1S/C11H11ClN4O2S/c1-2-10-14-15-11(19-10)13-6-7-5-8(16(17)18)3-4-9(7)12/h3-5H,2,6H2,1H3,(H,13,15). The van der Waals surface area contributed by atoms with Gasteiger partial charge < -0.3 is 5.32 Å². The molecule has 19 heavy (non-hydrogen) atoms. The van der Waals surface area contributed by atoms with Crippen LogP contribution in [-0.4, -0.2) is 15.1 Å². The van der Waals surface area contributed by atoms with Crippen molar-refractivity contribution in [2.75, 3.05) is 5.32 Å². The summed E-state index contributed by atoms with van der Waals surface area (Å²) in [5.74, 6) is 0. The number of nitro groups is 1. The van der Waals surface area contributed by atoms with Crippen LogP contribution >= 0.6 is 22.9 Å². The molecule has 0 bridgehead atoms. The van der Waals surface area contributed by atoms with Gasteiger partial charge in [0.2, 0.25) is 5.13 Å². The molecule has 1 aromatic heterocycles. The second-order valence-electron chi connectivity index (χ2n) is 3.74. The predicted molar refractivity (Wildman–Crippen MR) is 74.7 cm³/mol. The molecule has 0 aliphatic carbocycles. The molecule has 0 saturated carbocycles. The van der Waals surface area contributed by atoms with Gasteiger partial charge in [0.05, 0.1) is 4.92 Å². The lowest BCUT2D eigenvalue weighted by Gasteiger charge is -2.04. The first-order chi connectivity index (χ1) is 9.10. The minimum absolute atomic E-state index is 0.0210. The number of rotatable bonds is 5. The first-order valence-corrected chi connectivity index (χ1v) is 6.78. The van der Waals surface area contributed by atoms with Crippen LogP contribution in [-0.2, 0) is 13.0 Å². The maximum Gasteiger partial charge on any atom is 0.269 e. The first kappa shape index (κ1) is 13.7. The van der Waals surface area contributed by atoms with Gasteiger partial charge in [0, 0.05) is 23.7 Å². The molecule has 0 fully saturated rings. The highest BCUT2D eigenvalue weighted by atomic mass is 35.5. The number of hydrogen-bond donors (Lipinski definition) is 1. The highest BCUT2D eigenvalue weighted by molar-refractivity contribution is 7.15. The summed E-state index contributed by atoms with van der Waals surface area (Å²) in [6, 6.07) is 4.36. The number of nitro benzene ring substituents is 1. The van der Waals surface area contributed by atoms with Crippen molar-refractivity contribution in [3.05, 3.63) is 43.9 Å². The van der Waals surface area contributed by atoms with Crippen LogP contribution in [0.1, 0.15) is 17.5 Å². The monoisotopic (exact) mass is 298 g/mol. The molecule has 1 aromatic carbocycles. The molecule has 2 aromatic rings. The Labute approximate surface area is 118 Å². The molecule has 6 nitrogen and oxygen atoms in total. The molecule has 8 heteroatoms. The van der Waals surface area contributed by atoms with Crippen molar-refractivity contribution in [1.82, 2.24) is 10.2 Å². The summed E-state index contributed by atoms with van der Waals surface area (Å²) in [7, 11) is 0. The average Bonchev–Trinajstić information content (AvgIpc) is 2.85. The smallest absolute Gasteiger partial charge is 0.269 e. The molecule has 0 aliphatic rings. The van der Waals surface area contributed by atoms with E-state index in [1.54, 1.807) is 0 Å². The van der Waals surface area contributed by atoms with Gasteiger partial charge in [0.15, 0.2) is 0 Å². The molecule has 1 N–H and O–H groups in total. The normalized spacial score (nSPS) is 10.4. The second kappa shape index (κ2) is 5.94. The van der Waals surface area contributed by atoms with E-state index in [0.717, 1.165) is 11.4 Å². The Morgan fingerprint density at radius 1 is 1.47 bits per heavy atom. The number of aromatic nitrogens is 2. The fourth-order valence-electron chi connectivity index (χ4n) is 1.45. The number of halogens is 1. The number of benzene rings is 1. The molecule has 0 aliphatic heterocycles. The average molecular weight is 299 g/mol. The Hall–Kier alpha value is -1.73. The lowest BCUT2D eigenvalue weighted by molar-refractivity contribution is -0.384. The van der Waals surface area contributed by atoms with Gasteiger partial charge in [-0.15, -0.1) is 10.2 Å². The van der Waals surface area contributed by atoms with Gasteiger partial charge in [-0.1, -0.05) is 29.9 Å². The van der Waals surface area contributed by atoms with E-state index in [0.29, 0.717) is 22.3 Å². The highest BCUT2D eigenvalue weighted by Gasteiger charge is 2.10. The number of hydrogen-bond acceptors (Lipinski definition) is 6. The predicted octanol–water partition coefficient (Wildman–Crippen LogP) is 3.27. The summed E-state index contributed by atoms with van der Waals surface area (Å²) >= 11 is 7.46. The number of aryl methyl sites for hydroxylation is 1. The van der Waals surface area contributed by atoms with Crippen molar-refractivity contribution in [3.8, 4) is 0 Å². The SMILES string of the molecule is CCc1nnc(NCc2cc([N+](=O)[O-])ccc2Cl)s1. The number of nitrogens with zero attached hydrogens (tertiary/aromatic N) is 3. The highest BCUT2D eigenvalue weighted by Crippen LogP contribution is 2.23. The van der Waals surface area contributed by atoms with Crippen LogP contribution in [0, 0.1) is 10.1 Å². The molecule has 100 valence electrons. The van der Waals surface area contributed by atoms with Gasteiger partial charge in [-0.05, 0) is 18.1 Å². The van der Waals surface area contributed by atoms with Crippen LogP contribution in [0.3, 0.4) is 0 Å². The quantitative estimate of drug-likeness (QED) is 0.677. The number of non-ortho nitro benzene ring substituents is 1. The van der Waals surface area contributed by atoms with E-state index in [2.05, 4.69) is 15.5 Å². The van der Waals surface area contributed by atoms with Crippen molar-refractivity contribution >= 4 is 33.8 Å². The summed E-state index contributed by atoms with van der Waals surface area (Å²) in [5.41, 5.74) is 0.678. The van der Waals surface area contributed by atoms with Gasteiger partial charge in [-0.2, -0.15) is 0 Å². The largest absolute Gasteiger partial charge is 0.356 e. The molecule has 0 unspecified atom stereocenters. The third-order valence-corrected chi connectivity index (χ3v) is 3.83. The molecule has 1 heterocycles. The molecule has 0 spiro atoms. The maximum atomic E-state index is 10.7. The molecule has 0 saturated heterocycles. The summed E-state index contributed by atoms with van der Waals surface area (Å²) in [6.45, 7) is 2.38. The summed E-state index contributed by atoms with van der Waals surface area (Å²) in [4.78, 5) is 10.3. The fraction of sp³-hybridized carbons (Fsp3) is 0.273. The van der Waals surface area contributed by atoms with Gasteiger partial charge in [-0.3, -0.25) is 10.1 Å². The van der Waals surface area contributed by atoms with E-state index < -0.39 is 4.92 Å². The fourth-order valence-corrected chi connectivity index (χ4v) is 2.31. The zero-order valence-electron chi connectivity index (χ0n) is 10.1. The van der Waals surface area contributed by atoms with E-state index in [1.807, 2.05) is 6.92 Å². The van der Waals surface area contributed by atoms with Crippen molar-refractivity contribution in [3.63, 3.8) is 0 Å². The molecule has 0 atom stereocenters. The summed E-state index contributed by atoms with van der Waals surface area (Å²) in [5, 5.41) is 23.8. The van der Waals surface area contributed by atoms with E-state index >= 15 is 0 Å². The van der Waals surface area contributed by atoms with Gasteiger partial charge >= 0.3 is 0 Å². The van der Waals surface area contributed by atoms with Gasteiger partial charge in [0.1, 0.15) is 5.01 Å². The van der Waals surface area contributed by atoms with Crippen molar-refractivity contribution in [2.45, 2.75) is 19.9 Å². The Bertz CT molecular complexity index is 602. The van der Waals surface area contributed by atoms with E-state index in [-0.39, 0.29) is 5.69 Å². The topological polar surface area (TPSA) is 81.0 Å². The molecule has 0 radical (unpaired) electrons. The Balaban J connectivity index is 2.10. The maximum absolute atomic E-state index is 10.7. The minimum Gasteiger partial charge on any atom is -0.356 e. The van der Waals surface area contributed by atoms with Crippen LogP contribution in [0.5, 0.6) is 0 Å². The minimum atomic E-state index is -0.444. The number of anilines is 1. The van der Waals surface area contributed by atoms with Crippen LogP contribution in [0.15, 0.2) is 18.2 Å². The lowest BCUT2D eigenvalue weighted by Crippen LogP contribution is -2.00. The number of nitrogens with one attached hydrogen (secondary N) is 1. The zero-order valence-corrected chi connectivity index (χ0v) is 11.7. The molecule has 2 rings (SSSR count). The summed E-state index contributed by atoms with van der Waals surface area (Å²) in [6.07, 6.45) is 0.830. The van der Waals surface area contributed by atoms with Gasteiger partial charge in [0.25, 0.3) is 5.69 Å². The van der Waals surface area contributed by atoms with E-state index in [4.69, 9.17) is 11.6 Å². The zero-order chi connectivity index (χ0) is 13.8. The van der Waals surface area contributed by atoms with Crippen LogP contribution in [0.4, 0.5) is 10.8 Å². The molecular formula is C11H11ClN4O2S. The Kier molecular flexibility index (Phi) is 4.28. The van der Waals surface area contributed by atoms with Crippen LogP contribution < -0.4 is 5.32 Å². The first-order valence-electron chi connectivity index (χ1n) is 5.59. The van der Waals surface area contributed by atoms with E-state index in [9.17, 15) is 10.1 Å². The van der Waals surface area contributed by atoms with Crippen LogP contribution in [0.25, 0.3) is 0 Å². The third-order valence-electron chi connectivity index (χ3n) is 2.44. The third kappa shape index (κ3) is 3.39. The molecular weight excluding hydrogens is 288 g/mol. The Morgan fingerprint density at radius 3 is 2.89 bits per heavy atom. The lowest BCUT2D eigenvalue weighted by atomic mass is 10.2. The van der Waals surface area contributed by atoms with E-state index in [1.165, 1.54) is 29.5 Å². The van der Waals surface area contributed by atoms with Crippen molar-refractivity contribution in [2.24, 2.45) is 0 Å². The summed E-state index contributed by atoms with van der Waals surface area (Å²) < 4.78 is 0. The molecule has 0 amide bonds. The van der Waals surface area contributed by atoms with Crippen molar-refractivity contribution < 1.29 is 4.92 Å². The van der Waals surface area contributed by atoms with Gasteiger partial charge in [-0.25, -0.2) is 0 Å². The second-order valence-corrected chi connectivity index (χ2v) is 5.21. The van der Waals surface area contributed by atoms with Crippen LogP contribution in [0.2, 0.25) is 5.02 Å². The Morgan fingerprint density at radius 2 is 2.26 bits per heavy atom.